The largest absolute Gasteiger partial charge is 0.351 e. The molecule has 0 radical (unpaired) electrons. The van der Waals surface area contributed by atoms with Gasteiger partial charge < -0.3 is 5.32 Å². The van der Waals surface area contributed by atoms with E-state index in [-0.39, 0.29) is 17.9 Å². The van der Waals surface area contributed by atoms with Crippen molar-refractivity contribution in [3.05, 3.63) is 59.1 Å². The Kier molecular flexibility index (Phi) is 5.83. The normalized spacial score (nSPS) is 21.2. The number of hydrogen-bond donors (Lipinski definition) is 1. The molecule has 5 rings (SSSR count). The van der Waals surface area contributed by atoms with Crippen molar-refractivity contribution < 1.29 is 9.59 Å². The van der Waals surface area contributed by atoms with Gasteiger partial charge in [0.25, 0.3) is 5.91 Å². The molecule has 1 atom stereocenters. The first-order chi connectivity index (χ1) is 16.0. The van der Waals surface area contributed by atoms with Crippen molar-refractivity contribution in [2.24, 2.45) is 0 Å². The first-order valence-corrected chi connectivity index (χ1v) is 12.7. The predicted molar refractivity (Wildman–Crippen MR) is 132 cm³/mol. The highest BCUT2D eigenvalue weighted by atomic mass is 32.1. The fraction of sp³-hybridized carbons (Fsp3) is 0.423. The average Bonchev–Trinajstić information content (AvgIpc) is 3.50. The van der Waals surface area contributed by atoms with Gasteiger partial charge in [0.2, 0.25) is 5.91 Å². The number of amides is 2. The zero-order valence-corrected chi connectivity index (χ0v) is 20.0. The van der Waals surface area contributed by atoms with E-state index in [2.05, 4.69) is 12.2 Å². The van der Waals surface area contributed by atoms with Crippen LogP contribution in [0.4, 0.5) is 5.69 Å². The third-order valence-electron chi connectivity index (χ3n) is 6.96. The lowest BCUT2D eigenvalue weighted by atomic mass is 9.91. The number of carbonyl (C=O) groups is 2. The molecule has 0 spiro atoms. The van der Waals surface area contributed by atoms with Crippen LogP contribution in [0.25, 0.3) is 10.6 Å². The monoisotopic (exact) mass is 462 g/mol. The summed E-state index contributed by atoms with van der Waals surface area (Å²) in [5.41, 5.74) is 2.14. The van der Waals surface area contributed by atoms with Crippen molar-refractivity contribution in [3.63, 3.8) is 0 Å². The second-order valence-corrected chi connectivity index (χ2v) is 10.2. The lowest BCUT2D eigenvalue weighted by Gasteiger charge is -2.44. The quantitative estimate of drug-likeness (QED) is 0.577. The summed E-state index contributed by atoms with van der Waals surface area (Å²) in [5, 5.41) is 9.99. The van der Waals surface area contributed by atoms with Gasteiger partial charge in [-0.1, -0.05) is 44.4 Å². The summed E-state index contributed by atoms with van der Waals surface area (Å²) in [6, 6.07) is 14.0. The van der Waals surface area contributed by atoms with E-state index in [1.807, 2.05) is 54.8 Å². The molecule has 1 aromatic carbocycles. The third kappa shape index (κ3) is 3.99. The molecule has 1 fully saturated rings. The van der Waals surface area contributed by atoms with Crippen LogP contribution in [0, 0.1) is 0 Å². The summed E-state index contributed by atoms with van der Waals surface area (Å²) >= 11 is 1.59. The zero-order chi connectivity index (χ0) is 23.0. The number of fused-ring (bicyclic) bond motifs is 1. The number of rotatable bonds is 5. The standard InChI is InChI=1S/C26H30N4O2S/c1-3-18-11-13-20(14-12-18)30-24(31)22-16-21(23-10-7-15-33-23)28-29(22)17-26(30,2)25(32)27-19-8-5-4-6-9-19/h7,10-16,19H,3-6,8-9,17H2,1-2H3,(H,27,32). The molecule has 0 bridgehead atoms. The Hall–Kier alpha value is -2.93. The molecule has 2 aromatic heterocycles. The van der Waals surface area contributed by atoms with Gasteiger partial charge in [0.1, 0.15) is 16.9 Å². The molecular weight excluding hydrogens is 432 g/mol. The van der Waals surface area contributed by atoms with Gasteiger partial charge in [-0.25, -0.2) is 0 Å². The van der Waals surface area contributed by atoms with E-state index in [0.29, 0.717) is 12.2 Å². The molecule has 7 heteroatoms. The molecule has 2 aliphatic rings. The number of aryl methyl sites for hydroxylation is 1. The van der Waals surface area contributed by atoms with Gasteiger partial charge in [0.05, 0.1) is 11.4 Å². The number of anilines is 1. The summed E-state index contributed by atoms with van der Waals surface area (Å²) in [5.74, 6) is -0.303. The summed E-state index contributed by atoms with van der Waals surface area (Å²) < 4.78 is 1.72. The number of aromatic nitrogens is 2. The zero-order valence-electron chi connectivity index (χ0n) is 19.2. The maximum atomic E-state index is 13.9. The van der Waals surface area contributed by atoms with Crippen molar-refractivity contribution in [1.29, 1.82) is 0 Å². The van der Waals surface area contributed by atoms with Crippen LogP contribution in [0.2, 0.25) is 0 Å². The van der Waals surface area contributed by atoms with Crippen LogP contribution in [0.1, 0.15) is 62.0 Å². The predicted octanol–water partition coefficient (Wildman–Crippen LogP) is 5.04. The average molecular weight is 463 g/mol. The van der Waals surface area contributed by atoms with Gasteiger partial charge in [-0.3, -0.25) is 19.2 Å². The molecule has 3 heterocycles. The van der Waals surface area contributed by atoms with Crippen LogP contribution < -0.4 is 10.2 Å². The van der Waals surface area contributed by atoms with Crippen LogP contribution in [-0.2, 0) is 17.8 Å². The van der Waals surface area contributed by atoms with Crippen LogP contribution in [0.15, 0.2) is 47.8 Å². The summed E-state index contributed by atoms with van der Waals surface area (Å²) in [6.45, 7) is 4.28. The number of benzene rings is 1. The lowest BCUT2D eigenvalue weighted by Crippen LogP contribution is -2.65. The maximum Gasteiger partial charge on any atom is 0.277 e. The highest BCUT2D eigenvalue weighted by Crippen LogP contribution is 2.35. The molecule has 0 saturated heterocycles. The van der Waals surface area contributed by atoms with Crippen molar-refractivity contribution in [2.75, 3.05) is 4.90 Å². The van der Waals surface area contributed by atoms with E-state index in [0.717, 1.165) is 48.4 Å². The van der Waals surface area contributed by atoms with Crippen LogP contribution in [-0.4, -0.2) is 33.2 Å². The van der Waals surface area contributed by atoms with Crippen LogP contribution in [0.5, 0.6) is 0 Å². The van der Waals surface area contributed by atoms with Crippen molar-refractivity contribution in [1.82, 2.24) is 15.1 Å². The Morgan fingerprint density at radius 3 is 2.61 bits per heavy atom. The second kappa shape index (κ2) is 8.78. The molecule has 1 saturated carbocycles. The first-order valence-electron chi connectivity index (χ1n) is 11.9. The molecule has 1 aliphatic carbocycles. The third-order valence-corrected chi connectivity index (χ3v) is 7.85. The SMILES string of the molecule is CCc1ccc(N2C(=O)c3cc(-c4cccs4)nn3CC2(C)C(=O)NC2CCCCC2)cc1. The van der Waals surface area contributed by atoms with Crippen molar-refractivity contribution >= 4 is 28.8 Å². The van der Waals surface area contributed by atoms with Gasteiger partial charge in [-0.15, -0.1) is 11.3 Å². The molecular formula is C26H30N4O2S. The highest BCUT2D eigenvalue weighted by Gasteiger charge is 2.49. The Morgan fingerprint density at radius 2 is 1.94 bits per heavy atom. The summed E-state index contributed by atoms with van der Waals surface area (Å²) in [6.07, 6.45) is 6.41. The second-order valence-electron chi connectivity index (χ2n) is 9.29. The van der Waals surface area contributed by atoms with E-state index in [1.54, 1.807) is 20.9 Å². The maximum absolute atomic E-state index is 13.9. The number of nitrogens with zero attached hydrogens (tertiary/aromatic N) is 3. The minimum atomic E-state index is -1.08. The molecule has 3 aromatic rings. The number of hydrogen-bond acceptors (Lipinski definition) is 4. The van der Waals surface area contributed by atoms with E-state index in [4.69, 9.17) is 5.10 Å². The van der Waals surface area contributed by atoms with E-state index < -0.39 is 5.54 Å². The molecule has 1 aliphatic heterocycles. The molecule has 2 amide bonds. The Morgan fingerprint density at radius 1 is 1.18 bits per heavy atom. The number of carbonyl (C=O) groups excluding carboxylic acids is 2. The Labute approximate surface area is 198 Å². The highest BCUT2D eigenvalue weighted by molar-refractivity contribution is 7.13. The van der Waals surface area contributed by atoms with Crippen LogP contribution >= 0.6 is 11.3 Å². The molecule has 33 heavy (non-hydrogen) atoms. The minimum Gasteiger partial charge on any atom is -0.351 e. The summed E-state index contributed by atoms with van der Waals surface area (Å²) in [7, 11) is 0. The lowest BCUT2D eigenvalue weighted by molar-refractivity contribution is -0.127. The van der Waals surface area contributed by atoms with Crippen molar-refractivity contribution in [2.45, 2.75) is 70.5 Å². The van der Waals surface area contributed by atoms with Gasteiger partial charge in [0.15, 0.2) is 0 Å². The molecule has 1 N–H and O–H groups in total. The minimum absolute atomic E-state index is 0.110. The van der Waals surface area contributed by atoms with E-state index >= 15 is 0 Å². The first kappa shape index (κ1) is 21.9. The van der Waals surface area contributed by atoms with E-state index in [1.165, 1.54) is 12.0 Å². The smallest absolute Gasteiger partial charge is 0.277 e. The fourth-order valence-electron chi connectivity index (χ4n) is 5.00. The van der Waals surface area contributed by atoms with Gasteiger partial charge in [0, 0.05) is 11.7 Å². The topological polar surface area (TPSA) is 67.2 Å². The van der Waals surface area contributed by atoms with Crippen molar-refractivity contribution in [3.8, 4) is 10.6 Å². The van der Waals surface area contributed by atoms with Gasteiger partial charge in [-0.2, -0.15) is 5.10 Å². The van der Waals surface area contributed by atoms with Gasteiger partial charge >= 0.3 is 0 Å². The van der Waals surface area contributed by atoms with Gasteiger partial charge in [-0.05, 0) is 61.4 Å². The van der Waals surface area contributed by atoms with E-state index in [9.17, 15) is 9.59 Å². The summed E-state index contributed by atoms with van der Waals surface area (Å²) in [4.78, 5) is 30.3. The molecule has 6 nitrogen and oxygen atoms in total. The number of nitrogens with one attached hydrogen (secondary N) is 1. The Bertz CT molecular complexity index is 1150. The molecule has 172 valence electrons. The number of thiophene rings is 1. The fourth-order valence-corrected chi connectivity index (χ4v) is 5.68. The Balaban J connectivity index is 1.55. The molecule has 1 unspecified atom stereocenters. The van der Waals surface area contributed by atoms with Crippen LogP contribution in [0.3, 0.4) is 0 Å².